The molecule has 0 radical (unpaired) electrons. The summed E-state index contributed by atoms with van der Waals surface area (Å²) in [6.07, 6.45) is 6.84. The van der Waals surface area contributed by atoms with Gasteiger partial charge in [0.15, 0.2) is 0 Å². The molecule has 24 heavy (non-hydrogen) atoms. The van der Waals surface area contributed by atoms with Gasteiger partial charge in [0.05, 0.1) is 17.3 Å². The van der Waals surface area contributed by atoms with Gasteiger partial charge in [0.25, 0.3) is 5.91 Å². The zero-order chi connectivity index (χ0) is 17.5. The lowest BCUT2D eigenvalue weighted by atomic mass is 9.67. The predicted molar refractivity (Wildman–Crippen MR) is 96.2 cm³/mol. The van der Waals surface area contributed by atoms with E-state index >= 15 is 0 Å². The highest BCUT2D eigenvalue weighted by atomic mass is 32.1. The van der Waals surface area contributed by atoms with Crippen molar-refractivity contribution in [1.29, 1.82) is 0 Å². The molecule has 1 saturated carbocycles. The number of fused-ring (bicyclic) bond motifs is 1. The fourth-order valence-electron chi connectivity index (χ4n) is 4.77. The van der Waals surface area contributed by atoms with Crippen LogP contribution in [0.15, 0.2) is 11.7 Å². The van der Waals surface area contributed by atoms with E-state index in [1.54, 1.807) is 16.6 Å². The van der Waals surface area contributed by atoms with Gasteiger partial charge in [-0.25, -0.2) is 0 Å². The fourth-order valence-corrected chi connectivity index (χ4v) is 5.38. The van der Waals surface area contributed by atoms with Crippen molar-refractivity contribution in [3.05, 3.63) is 16.6 Å². The molecule has 2 heterocycles. The molecular weight excluding hydrogens is 322 g/mol. The Morgan fingerprint density at radius 3 is 2.92 bits per heavy atom. The van der Waals surface area contributed by atoms with Gasteiger partial charge in [0.2, 0.25) is 0 Å². The Labute approximate surface area is 148 Å². The lowest BCUT2D eigenvalue weighted by Gasteiger charge is -2.43. The van der Waals surface area contributed by atoms with E-state index in [0.717, 1.165) is 25.7 Å². The summed E-state index contributed by atoms with van der Waals surface area (Å²) in [5.41, 5.74) is 0.938. The third-order valence-electron chi connectivity index (χ3n) is 6.56. The molecule has 1 aliphatic carbocycles. The minimum Gasteiger partial charge on any atom is -0.390 e. The van der Waals surface area contributed by atoms with Crippen LogP contribution in [0.25, 0.3) is 0 Å². The van der Waals surface area contributed by atoms with E-state index in [1.165, 1.54) is 17.8 Å². The Morgan fingerprint density at radius 1 is 1.50 bits per heavy atom. The van der Waals surface area contributed by atoms with Gasteiger partial charge in [-0.3, -0.25) is 14.7 Å². The van der Waals surface area contributed by atoms with Crippen molar-refractivity contribution in [3.63, 3.8) is 0 Å². The third-order valence-corrected chi connectivity index (χ3v) is 7.32. The number of hydrogen-bond acceptors (Lipinski definition) is 5. The lowest BCUT2D eigenvalue weighted by Crippen LogP contribution is -2.50. The van der Waals surface area contributed by atoms with Crippen LogP contribution in [0.1, 0.15) is 55.6 Å². The van der Waals surface area contributed by atoms with Gasteiger partial charge in [-0.2, -0.15) is 0 Å². The molecule has 0 spiro atoms. The van der Waals surface area contributed by atoms with Gasteiger partial charge in [0, 0.05) is 31.1 Å². The minimum absolute atomic E-state index is 0.0370. The number of hydrogen-bond donors (Lipinski definition) is 1. The standard InChI is InChI=1S/C18H29N3O2S/c1-17-9-13(11-20(3)16(22)14-10-19-12-24-14)21(4)15(17)7-5-6-8-18(17,2)23/h10,12-13,15,23H,5-9,11H2,1-4H3/t13-,15-,17-,18+/m1/s1. The van der Waals surface area contributed by atoms with Gasteiger partial charge in [-0.15, -0.1) is 11.3 Å². The van der Waals surface area contributed by atoms with E-state index in [2.05, 4.69) is 23.9 Å². The molecule has 2 aliphatic rings. The largest absolute Gasteiger partial charge is 0.390 e. The van der Waals surface area contributed by atoms with E-state index in [1.807, 2.05) is 14.0 Å². The highest BCUT2D eigenvalue weighted by molar-refractivity contribution is 7.11. The monoisotopic (exact) mass is 351 g/mol. The number of nitrogens with zero attached hydrogens (tertiary/aromatic N) is 3. The van der Waals surface area contributed by atoms with Crippen LogP contribution in [0.2, 0.25) is 0 Å². The molecule has 1 saturated heterocycles. The van der Waals surface area contributed by atoms with Gasteiger partial charge in [0.1, 0.15) is 4.88 Å². The Kier molecular flexibility index (Phi) is 4.75. The van der Waals surface area contributed by atoms with Gasteiger partial charge >= 0.3 is 0 Å². The highest BCUT2D eigenvalue weighted by Gasteiger charge is 2.57. The number of amides is 1. The molecule has 1 aromatic rings. The number of carbonyl (C=O) groups excluding carboxylic acids is 1. The second-order valence-electron chi connectivity index (χ2n) is 8.03. The highest BCUT2D eigenvalue weighted by Crippen LogP contribution is 2.52. The first kappa shape index (κ1) is 17.8. The molecule has 1 aromatic heterocycles. The predicted octanol–water partition coefficient (Wildman–Crippen LogP) is 2.62. The van der Waals surface area contributed by atoms with Crippen LogP contribution < -0.4 is 0 Å². The summed E-state index contributed by atoms with van der Waals surface area (Å²) >= 11 is 1.38. The summed E-state index contributed by atoms with van der Waals surface area (Å²) in [7, 11) is 4.03. The van der Waals surface area contributed by atoms with Crippen molar-refractivity contribution in [1.82, 2.24) is 14.8 Å². The molecule has 6 heteroatoms. The van der Waals surface area contributed by atoms with Gasteiger partial charge < -0.3 is 10.0 Å². The zero-order valence-corrected chi connectivity index (χ0v) is 16.0. The van der Waals surface area contributed by atoms with Crippen molar-refractivity contribution >= 4 is 17.2 Å². The SMILES string of the molecule is CN(C[C@H]1C[C@]2(C)[C@@H](CCCC[C@]2(C)O)N1C)C(=O)c1cncs1. The molecule has 1 amide bonds. The third kappa shape index (κ3) is 2.89. The smallest absolute Gasteiger partial charge is 0.265 e. The molecular formula is C18H29N3O2S. The van der Waals surface area contributed by atoms with Crippen LogP contribution in [0.3, 0.4) is 0 Å². The van der Waals surface area contributed by atoms with E-state index < -0.39 is 5.60 Å². The van der Waals surface area contributed by atoms with Crippen LogP contribution in [-0.2, 0) is 0 Å². The van der Waals surface area contributed by atoms with Crippen molar-refractivity contribution in [2.75, 3.05) is 20.6 Å². The van der Waals surface area contributed by atoms with E-state index in [4.69, 9.17) is 0 Å². The maximum absolute atomic E-state index is 12.5. The first-order valence-corrected chi connectivity index (χ1v) is 9.72. The van der Waals surface area contributed by atoms with Crippen molar-refractivity contribution < 1.29 is 9.90 Å². The molecule has 0 unspecified atom stereocenters. The number of likely N-dealkylation sites (tertiary alicyclic amines) is 1. The summed E-state index contributed by atoms with van der Waals surface area (Å²) in [6.45, 7) is 4.94. The van der Waals surface area contributed by atoms with E-state index in [-0.39, 0.29) is 17.4 Å². The number of aliphatic hydroxyl groups is 1. The fraction of sp³-hybridized carbons (Fsp3) is 0.778. The average molecular weight is 352 g/mol. The Balaban J connectivity index is 1.75. The van der Waals surface area contributed by atoms with Gasteiger partial charge in [-0.1, -0.05) is 19.8 Å². The molecule has 2 fully saturated rings. The first-order valence-electron chi connectivity index (χ1n) is 8.84. The van der Waals surface area contributed by atoms with Crippen molar-refractivity contribution in [2.24, 2.45) is 5.41 Å². The summed E-state index contributed by atoms with van der Waals surface area (Å²) in [6, 6.07) is 0.665. The Bertz CT molecular complexity index is 589. The van der Waals surface area contributed by atoms with E-state index in [9.17, 15) is 9.90 Å². The Hall–Kier alpha value is -0.980. The minimum atomic E-state index is -0.641. The summed E-state index contributed by atoms with van der Waals surface area (Å²) < 4.78 is 0. The number of carbonyl (C=O) groups is 1. The number of aromatic nitrogens is 1. The van der Waals surface area contributed by atoms with Crippen molar-refractivity contribution in [3.8, 4) is 0 Å². The number of likely N-dealkylation sites (N-methyl/N-ethyl adjacent to an activating group) is 2. The number of rotatable bonds is 3. The van der Waals surface area contributed by atoms with Crippen LogP contribution in [0.5, 0.6) is 0 Å². The zero-order valence-electron chi connectivity index (χ0n) is 15.2. The van der Waals surface area contributed by atoms with Crippen LogP contribution >= 0.6 is 11.3 Å². The lowest BCUT2D eigenvalue weighted by molar-refractivity contribution is -0.0754. The van der Waals surface area contributed by atoms with Crippen LogP contribution in [0, 0.1) is 5.41 Å². The maximum atomic E-state index is 12.5. The second kappa shape index (κ2) is 6.39. The normalized spacial score (nSPS) is 37.0. The molecule has 0 bridgehead atoms. The molecule has 0 aromatic carbocycles. The molecule has 134 valence electrons. The molecule has 3 rings (SSSR count). The number of thiazole rings is 1. The van der Waals surface area contributed by atoms with Gasteiger partial charge in [-0.05, 0) is 33.2 Å². The van der Waals surface area contributed by atoms with Crippen LogP contribution in [0.4, 0.5) is 0 Å². The summed E-state index contributed by atoms with van der Waals surface area (Å²) in [5, 5.41) is 11.1. The molecule has 1 N–H and O–H groups in total. The maximum Gasteiger partial charge on any atom is 0.265 e. The van der Waals surface area contributed by atoms with E-state index in [0.29, 0.717) is 17.5 Å². The summed E-state index contributed by atoms with van der Waals surface area (Å²) in [4.78, 5) is 21.4. The summed E-state index contributed by atoms with van der Waals surface area (Å²) in [5.74, 6) is 0.0370. The average Bonchev–Trinajstić information content (AvgIpc) is 3.10. The molecule has 5 nitrogen and oxygen atoms in total. The first-order chi connectivity index (χ1) is 11.3. The van der Waals surface area contributed by atoms with Crippen molar-refractivity contribution in [2.45, 2.75) is 63.6 Å². The van der Waals surface area contributed by atoms with Crippen LogP contribution in [-0.4, -0.2) is 64.1 Å². The Morgan fingerprint density at radius 2 is 2.25 bits per heavy atom. The topological polar surface area (TPSA) is 56.7 Å². The molecule has 4 atom stereocenters. The molecule has 1 aliphatic heterocycles. The second-order valence-corrected chi connectivity index (χ2v) is 8.91. The quantitative estimate of drug-likeness (QED) is 0.909.